The Bertz CT molecular complexity index is 779. The molecular weight excluding hydrogens is 326 g/mol. The summed E-state index contributed by atoms with van der Waals surface area (Å²) >= 11 is 5.55. The summed E-state index contributed by atoms with van der Waals surface area (Å²) in [6, 6.07) is 22.6. The Labute approximate surface area is 154 Å². The SMILES string of the molecule is CCc1cccc(NC(=S)N[C@@H](c2ccccc2)c2ccncc2)c1. The van der Waals surface area contributed by atoms with Crippen molar-refractivity contribution in [1.29, 1.82) is 0 Å². The van der Waals surface area contributed by atoms with E-state index in [1.807, 2.05) is 42.5 Å². The zero-order valence-corrected chi connectivity index (χ0v) is 15.0. The molecule has 0 unspecified atom stereocenters. The third-order valence-corrected chi connectivity index (χ3v) is 4.26. The molecule has 1 heterocycles. The third-order valence-electron chi connectivity index (χ3n) is 4.04. The molecule has 1 atom stereocenters. The molecule has 3 aromatic rings. The van der Waals surface area contributed by atoms with Crippen LogP contribution >= 0.6 is 12.2 Å². The average Bonchev–Trinajstić information content (AvgIpc) is 2.67. The third kappa shape index (κ3) is 4.64. The number of rotatable bonds is 5. The zero-order chi connectivity index (χ0) is 17.5. The molecule has 0 amide bonds. The van der Waals surface area contributed by atoms with Crippen molar-refractivity contribution in [2.75, 3.05) is 5.32 Å². The Morgan fingerprint density at radius 3 is 2.40 bits per heavy atom. The van der Waals surface area contributed by atoms with Gasteiger partial charge < -0.3 is 10.6 Å². The summed E-state index contributed by atoms with van der Waals surface area (Å²) in [7, 11) is 0. The van der Waals surface area contributed by atoms with E-state index in [9.17, 15) is 0 Å². The highest BCUT2D eigenvalue weighted by Crippen LogP contribution is 2.21. The largest absolute Gasteiger partial charge is 0.352 e. The number of aryl methyl sites for hydroxylation is 1. The predicted octanol–water partition coefficient (Wildman–Crippen LogP) is 4.72. The lowest BCUT2D eigenvalue weighted by Crippen LogP contribution is -2.33. The molecule has 1 aromatic heterocycles. The van der Waals surface area contributed by atoms with Crippen molar-refractivity contribution < 1.29 is 0 Å². The Morgan fingerprint density at radius 1 is 0.960 bits per heavy atom. The van der Waals surface area contributed by atoms with Gasteiger partial charge in [0, 0.05) is 18.1 Å². The van der Waals surface area contributed by atoms with Gasteiger partial charge in [-0.3, -0.25) is 4.98 Å². The molecule has 0 bridgehead atoms. The molecule has 0 radical (unpaired) electrons. The zero-order valence-electron chi connectivity index (χ0n) is 14.1. The van der Waals surface area contributed by atoms with E-state index >= 15 is 0 Å². The smallest absolute Gasteiger partial charge is 0.171 e. The van der Waals surface area contributed by atoms with Crippen molar-refractivity contribution in [2.24, 2.45) is 0 Å². The van der Waals surface area contributed by atoms with Crippen molar-refractivity contribution in [2.45, 2.75) is 19.4 Å². The second-order valence-corrected chi connectivity index (χ2v) is 6.18. The first-order chi connectivity index (χ1) is 12.3. The van der Waals surface area contributed by atoms with Crippen LogP contribution in [-0.2, 0) is 6.42 Å². The lowest BCUT2D eigenvalue weighted by Gasteiger charge is -2.22. The molecule has 0 aliphatic rings. The summed E-state index contributed by atoms with van der Waals surface area (Å²) in [6.07, 6.45) is 4.60. The Morgan fingerprint density at radius 2 is 1.68 bits per heavy atom. The van der Waals surface area contributed by atoms with Gasteiger partial charge in [-0.25, -0.2) is 0 Å². The van der Waals surface area contributed by atoms with Gasteiger partial charge in [-0.15, -0.1) is 0 Å². The monoisotopic (exact) mass is 347 g/mol. The second kappa shape index (κ2) is 8.40. The highest BCUT2D eigenvalue weighted by atomic mass is 32.1. The van der Waals surface area contributed by atoms with Gasteiger partial charge in [0.25, 0.3) is 0 Å². The number of hydrogen-bond acceptors (Lipinski definition) is 2. The van der Waals surface area contributed by atoms with E-state index < -0.39 is 0 Å². The van der Waals surface area contributed by atoms with Crippen molar-refractivity contribution in [3.8, 4) is 0 Å². The number of anilines is 1. The molecule has 4 heteroatoms. The van der Waals surface area contributed by atoms with E-state index in [2.05, 4.69) is 46.8 Å². The number of nitrogens with zero attached hydrogens (tertiary/aromatic N) is 1. The van der Waals surface area contributed by atoms with E-state index in [0.29, 0.717) is 5.11 Å². The van der Waals surface area contributed by atoms with E-state index in [1.54, 1.807) is 12.4 Å². The topological polar surface area (TPSA) is 37.0 Å². The molecule has 0 spiro atoms. The van der Waals surface area contributed by atoms with Crippen LogP contribution in [0.5, 0.6) is 0 Å². The number of benzene rings is 2. The van der Waals surface area contributed by atoms with E-state index in [0.717, 1.165) is 23.2 Å². The van der Waals surface area contributed by atoms with E-state index in [4.69, 9.17) is 12.2 Å². The van der Waals surface area contributed by atoms with Crippen LogP contribution in [0.25, 0.3) is 0 Å². The van der Waals surface area contributed by atoms with Gasteiger partial charge in [-0.1, -0.05) is 49.4 Å². The first-order valence-corrected chi connectivity index (χ1v) is 8.78. The molecule has 126 valence electrons. The minimum atomic E-state index is -0.0291. The Balaban J connectivity index is 1.79. The van der Waals surface area contributed by atoms with Gasteiger partial charge in [-0.2, -0.15) is 0 Å². The molecule has 0 saturated heterocycles. The van der Waals surface area contributed by atoms with Crippen LogP contribution in [0.15, 0.2) is 79.1 Å². The van der Waals surface area contributed by atoms with Gasteiger partial charge in [0.2, 0.25) is 0 Å². The van der Waals surface area contributed by atoms with Gasteiger partial charge in [0.05, 0.1) is 6.04 Å². The Kier molecular flexibility index (Phi) is 5.75. The van der Waals surface area contributed by atoms with Crippen LogP contribution in [0, 0.1) is 0 Å². The highest BCUT2D eigenvalue weighted by Gasteiger charge is 2.15. The molecule has 0 aliphatic heterocycles. The molecule has 0 aliphatic carbocycles. The average molecular weight is 347 g/mol. The summed E-state index contributed by atoms with van der Waals surface area (Å²) in [4.78, 5) is 4.11. The molecule has 2 N–H and O–H groups in total. The number of nitrogens with one attached hydrogen (secondary N) is 2. The summed E-state index contributed by atoms with van der Waals surface area (Å²) in [5.74, 6) is 0. The standard InChI is InChI=1S/C21H21N3S/c1-2-16-7-6-10-19(15-16)23-21(25)24-20(17-8-4-3-5-9-17)18-11-13-22-14-12-18/h3-15,20H,2H2,1H3,(H2,23,24,25)/t20-/m0/s1. The predicted molar refractivity (Wildman–Crippen MR) is 108 cm³/mol. The number of aromatic nitrogens is 1. The fourth-order valence-electron chi connectivity index (χ4n) is 2.73. The van der Waals surface area contributed by atoms with Crippen LogP contribution in [0.4, 0.5) is 5.69 Å². The van der Waals surface area contributed by atoms with Gasteiger partial charge in [0.1, 0.15) is 0 Å². The van der Waals surface area contributed by atoms with Gasteiger partial charge in [0.15, 0.2) is 5.11 Å². The normalized spacial score (nSPS) is 11.6. The molecule has 2 aromatic carbocycles. The molecule has 0 fully saturated rings. The second-order valence-electron chi connectivity index (χ2n) is 5.78. The fourth-order valence-corrected chi connectivity index (χ4v) is 2.96. The number of hydrogen-bond donors (Lipinski definition) is 2. The minimum absolute atomic E-state index is 0.0291. The van der Waals surface area contributed by atoms with Crippen LogP contribution in [0.3, 0.4) is 0 Å². The Hall–Kier alpha value is -2.72. The van der Waals surface area contributed by atoms with E-state index in [1.165, 1.54) is 5.56 Å². The molecule has 3 nitrogen and oxygen atoms in total. The lowest BCUT2D eigenvalue weighted by atomic mass is 10.00. The summed E-state index contributed by atoms with van der Waals surface area (Å²) in [5.41, 5.74) is 4.55. The quantitative estimate of drug-likeness (QED) is 0.655. The van der Waals surface area contributed by atoms with Crippen LogP contribution in [0.1, 0.15) is 29.7 Å². The molecule has 25 heavy (non-hydrogen) atoms. The number of pyridine rings is 1. The summed E-state index contributed by atoms with van der Waals surface area (Å²) in [5, 5.41) is 7.32. The highest BCUT2D eigenvalue weighted by molar-refractivity contribution is 7.80. The van der Waals surface area contributed by atoms with Crippen LogP contribution < -0.4 is 10.6 Å². The van der Waals surface area contributed by atoms with Crippen LogP contribution in [0.2, 0.25) is 0 Å². The first kappa shape index (κ1) is 17.1. The van der Waals surface area contributed by atoms with Crippen molar-refractivity contribution >= 4 is 23.0 Å². The van der Waals surface area contributed by atoms with Crippen molar-refractivity contribution in [3.63, 3.8) is 0 Å². The molecular formula is C21H21N3S. The molecule has 0 saturated carbocycles. The van der Waals surface area contributed by atoms with Gasteiger partial charge >= 0.3 is 0 Å². The van der Waals surface area contributed by atoms with E-state index in [-0.39, 0.29) is 6.04 Å². The molecule has 3 rings (SSSR count). The van der Waals surface area contributed by atoms with Crippen LogP contribution in [-0.4, -0.2) is 10.1 Å². The fraction of sp³-hybridized carbons (Fsp3) is 0.143. The van der Waals surface area contributed by atoms with Gasteiger partial charge in [-0.05, 0) is 59.6 Å². The maximum Gasteiger partial charge on any atom is 0.171 e. The minimum Gasteiger partial charge on any atom is -0.352 e. The number of thiocarbonyl (C=S) groups is 1. The first-order valence-electron chi connectivity index (χ1n) is 8.37. The maximum absolute atomic E-state index is 5.55. The van der Waals surface area contributed by atoms with Crippen molar-refractivity contribution in [1.82, 2.24) is 10.3 Å². The summed E-state index contributed by atoms with van der Waals surface area (Å²) < 4.78 is 0. The van der Waals surface area contributed by atoms with Crippen molar-refractivity contribution in [3.05, 3.63) is 95.8 Å². The summed E-state index contributed by atoms with van der Waals surface area (Å²) in [6.45, 7) is 2.14. The lowest BCUT2D eigenvalue weighted by molar-refractivity contribution is 0.767. The maximum atomic E-state index is 5.55.